The third kappa shape index (κ3) is 11.7. The molecule has 0 aromatic carbocycles. The van der Waals surface area contributed by atoms with Crippen molar-refractivity contribution in [2.45, 2.75) is 20.3 Å². The summed E-state index contributed by atoms with van der Waals surface area (Å²) in [5.41, 5.74) is 0. The summed E-state index contributed by atoms with van der Waals surface area (Å²) >= 11 is 0. The second-order valence-corrected chi connectivity index (χ2v) is 4.04. The molecule has 0 amide bonds. The van der Waals surface area contributed by atoms with Crippen molar-refractivity contribution in [3.05, 3.63) is 0 Å². The molecule has 5 heteroatoms. The summed E-state index contributed by atoms with van der Waals surface area (Å²) in [7, 11) is -3.72. The minimum atomic E-state index is -3.72. The smallest absolute Gasteiger partial charge is 0.264 e. The first-order valence-electron chi connectivity index (χ1n) is 2.87. The molecule has 57 valence electrons. The van der Waals surface area contributed by atoms with Crippen molar-refractivity contribution in [1.82, 2.24) is 0 Å². The van der Waals surface area contributed by atoms with Crippen molar-refractivity contribution in [2.24, 2.45) is 5.92 Å². The van der Waals surface area contributed by atoms with Crippen LogP contribution < -0.4 is 0 Å². The SMILES string of the molecule is CC(C)CCS(=O)(=O)O.[Na]. The topological polar surface area (TPSA) is 54.4 Å². The first-order valence-corrected chi connectivity index (χ1v) is 4.48. The molecular weight excluding hydrogens is 163 g/mol. The zero-order valence-corrected chi connectivity index (χ0v) is 9.48. The first-order chi connectivity index (χ1) is 3.92. The van der Waals surface area contributed by atoms with Gasteiger partial charge in [-0.1, -0.05) is 13.8 Å². The van der Waals surface area contributed by atoms with Crippen molar-refractivity contribution in [1.29, 1.82) is 0 Å². The van der Waals surface area contributed by atoms with Gasteiger partial charge in [0.2, 0.25) is 0 Å². The molecule has 3 nitrogen and oxygen atoms in total. The molecule has 0 saturated heterocycles. The van der Waals surface area contributed by atoms with E-state index >= 15 is 0 Å². The molecule has 0 unspecified atom stereocenters. The Morgan fingerprint density at radius 1 is 1.40 bits per heavy atom. The van der Waals surface area contributed by atoms with Gasteiger partial charge in [0.05, 0.1) is 5.75 Å². The molecule has 0 fully saturated rings. The van der Waals surface area contributed by atoms with Crippen LogP contribution in [0, 0.1) is 5.92 Å². The molecule has 0 aromatic rings. The van der Waals surface area contributed by atoms with Crippen LogP contribution in [0.2, 0.25) is 0 Å². The van der Waals surface area contributed by atoms with Crippen LogP contribution in [0.4, 0.5) is 0 Å². The van der Waals surface area contributed by atoms with Crippen LogP contribution in [-0.2, 0) is 10.1 Å². The van der Waals surface area contributed by atoms with Gasteiger partial charge in [-0.25, -0.2) is 0 Å². The normalized spacial score (nSPS) is 11.2. The Balaban J connectivity index is 0. The maximum Gasteiger partial charge on any atom is 0.264 e. The van der Waals surface area contributed by atoms with E-state index in [0.29, 0.717) is 12.3 Å². The largest absolute Gasteiger partial charge is 0.286 e. The molecule has 0 rings (SSSR count). The fraction of sp³-hybridized carbons (Fsp3) is 1.00. The molecule has 1 radical (unpaired) electrons. The monoisotopic (exact) mass is 175 g/mol. The van der Waals surface area contributed by atoms with E-state index in [4.69, 9.17) is 4.55 Å². The van der Waals surface area contributed by atoms with Gasteiger partial charge in [0, 0.05) is 29.6 Å². The first kappa shape index (κ1) is 13.5. The van der Waals surface area contributed by atoms with Crippen LogP contribution in [0.3, 0.4) is 0 Å². The van der Waals surface area contributed by atoms with Gasteiger partial charge in [-0.3, -0.25) is 4.55 Å². The number of hydrogen-bond donors (Lipinski definition) is 1. The fourth-order valence-electron chi connectivity index (χ4n) is 0.385. The minimum absolute atomic E-state index is 0. The summed E-state index contributed by atoms with van der Waals surface area (Å²) in [6, 6.07) is 0. The van der Waals surface area contributed by atoms with Crippen LogP contribution >= 0.6 is 0 Å². The molecule has 0 saturated carbocycles. The van der Waals surface area contributed by atoms with E-state index in [9.17, 15) is 8.42 Å². The molecule has 0 bridgehead atoms. The molecule has 0 aromatic heterocycles. The van der Waals surface area contributed by atoms with E-state index in [1.54, 1.807) is 0 Å². The summed E-state index contributed by atoms with van der Waals surface area (Å²) in [5.74, 6) is 0.205. The van der Waals surface area contributed by atoms with Crippen molar-refractivity contribution in [3.8, 4) is 0 Å². The van der Waals surface area contributed by atoms with Crippen molar-refractivity contribution in [3.63, 3.8) is 0 Å². The van der Waals surface area contributed by atoms with E-state index in [1.165, 1.54) is 0 Å². The molecular formula is C5H12NaO3S. The molecule has 1 N–H and O–H groups in total. The Hall–Kier alpha value is 0.910. The predicted octanol–water partition coefficient (Wildman–Crippen LogP) is 0.540. The Morgan fingerprint density at radius 3 is 1.90 bits per heavy atom. The Kier molecular flexibility index (Phi) is 7.49. The molecule has 0 atom stereocenters. The van der Waals surface area contributed by atoms with Crippen LogP contribution in [0.5, 0.6) is 0 Å². The van der Waals surface area contributed by atoms with E-state index in [-0.39, 0.29) is 35.3 Å². The van der Waals surface area contributed by atoms with Crippen molar-refractivity contribution < 1.29 is 13.0 Å². The fourth-order valence-corrected chi connectivity index (χ4v) is 1.15. The van der Waals surface area contributed by atoms with Gasteiger partial charge in [0.15, 0.2) is 0 Å². The second-order valence-electron chi connectivity index (χ2n) is 2.47. The molecule has 10 heavy (non-hydrogen) atoms. The summed E-state index contributed by atoms with van der Waals surface area (Å²) in [4.78, 5) is 0. The van der Waals surface area contributed by atoms with E-state index < -0.39 is 10.1 Å². The van der Waals surface area contributed by atoms with Gasteiger partial charge in [-0.2, -0.15) is 8.42 Å². The van der Waals surface area contributed by atoms with Gasteiger partial charge < -0.3 is 0 Å². The van der Waals surface area contributed by atoms with Gasteiger partial charge in [0.25, 0.3) is 10.1 Å². The predicted molar refractivity (Wildman–Crippen MR) is 41.6 cm³/mol. The minimum Gasteiger partial charge on any atom is -0.286 e. The zero-order valence-electron chi connectivity index (χ0n) is 6.66. The maximum atomic E-state index is 10.1. The van der Waals surface area contributed by atoms with E-state index in [0.717, 1.165) is 0 Å². The van der Waals surface area contributed by atoms with Gasteiger partial charge >= 0.3 is 0 Å². The van der Waals surface area contributed by atoms with Gasteiger partial charge in [-0.05, 0) is 12.3 Å². The van der Waals surface area contributed by atoms with Gasteiger partial charge in [-0.15, -0.1) is 0 Å². The summed E-state index contributed by atoms with van der Waals surface area (Å²) in [6.07, 6.45) is 0.527. The van der Waals surface area contributed by atoms with Crippen LogP contribution in [0.25, 0.3) is 0 Å². The Bertz CT molecular complexity index is 162. The van der Waals surface area contributed by atoms with Crippen molar-refractivity contribution >= 4 is 39.7 Å². The Morgan fingerprint density at radius 2 is 1.80 bits per heavy atom. The third-order valence-corrected chi connectivity index (χ3v) is 1.70. The number of hydrogen-bond acceptors (Lipinski definition) is 2. The summed E-state index contributed by atoms with van der Waals surface area (Å²) in [5, 5.41) is 0. The molecule has 0 aliphatic carbocycles. The molecule has 0 spiro atoms. The van der Waals surface area contributed by atoms with E-state index in [2.05, 4.69) is 0 Å². The molecule has 0 aliphatic heterocycles. The standard InChI is InChI=1S/C5H12O3S.Na/c1-5(2)3-4-9(6,7)8;/h5H,3-4H2,1-2H3,(H,6,7,8);. The molecule has 0 aliphatic rings. The van der Waals surface area contributed by atoms with Gasteiger partial charge in [0.1, 0.15) is 0 Å². The average Bonchev–Trinajstić information content (AvgIpc) is 1.59. The van der Waals surface area contributed by atoms with E-state index in [1.807, 2.05) is 13.8 Å². The average molecular weight is 175 g/mol. The van der Waals surface area contributed by atoms with Crippen LogP contribution in [-0.4, -0.2) is 48.3 Å². The molecule has 0 heterocycles. The summed E-state index contributed by atoms with van der Waals surface area (Å²) < 4.78 is 28.4. The van der Waals surface area contributed by atoms with Crippen LogP contribution in [0.1, 0.15) is 20.3 Å². The zero-order chi connectivity index (χ0) is 7.49. The number of rotatable bonds is 3. The summed E-state index contributed by atoms with van der Waals surface area (Å²) in [6.45, 7) is 3.82. The third-order valence-electron chi connectivity index (χ3n) is 0.953. The quantitative estimate of drug-likeness (QED) is 0.503. The second kappa shape index (κ2) is 5.55. The Labute approximate surface area is 84.2 Å². The van der Waals surface area contributed by atoms with Crippen LogP contribution in [0.15, 0.2) is 0 Å². The van der Waals surface area contributed by atoms with Crippen molar-refractivity contribution in [2.75, 3.05) is 5.75 Å². The maximum absolute atomic E-state index is 10.1.